The smallest absolute Gasteiger partial charge is 0.353 e. The topological polar surface area (TPSA) is 52.2 Å². The number of halogens is 3. The number of fused-ring (bicyclic) bond motifs is 1. The fraction of sp³-hybridized carbons (Fsp3) is 0.364. The molecule has 1 aliphatic rings. The lowest BCUT2D eigenvalue weighted by Crippen LogP contribution is -2.48. The zero-order valence-corrected chi connectivity index (χ0v) is 16.7. The highest BCUT2D eigenvalue weighted by Gasteiger charge is 2.37. The molecule has 1 N–H and O–H groups in total. The Hall–Kier alpha value is -3.05. The number of aromatic nitrogens is 2. The maximum atomic E-state index is 13.3. The van der Waals surface area contributed by atoms with E-state index < -0.39 is 11.7 Å². The summed E-state index contributed by atoms with van der Waals surface area (Å²) in [5, 5.41) is 0.968. The molecule has 0 bridgehead atoms. The summed E-state index contributed by atoms with van der Waals surface area (Å²) in [5.74, 6) is -0.0906. The molecule has 3 aromatic rings. The minimum atomic E-state index is -4.51. The van der Waals surface area contributed by atoms with Gasteiger partial charge in [-0.15, -0.1) is 0 Å². The van der Waals surface area contributed by atoms with Gasteiger partial charge in [-0.1, -0.05) is 18.2 Å². The van der Waals surface area contributed by atoms with Crippen molar-refractivity contribution in [3.63, 3.8) is 0 Å². The average Bonchev–Trinajstić information content (AvgIpc) is 2.73. The van der Waals surface area contributed by atoms with E-state index in [1.807, 2.05) is 24.3 Å². The van der Waals surface area contributed by atoms with Crippen molar-refractivity contribution in [1.82, 2.24) is 14.9 Å². The molecule has 1 saturated heterocycles. The highest BCUT2D eigenvalue weighted by Crippen LogP contribution is 2.34. The summed E-state index contributed by atoms with van der Waals surface area (Å²) in [6, 6.07) is 12.4. The van der Waals surface area contributed by atoms with Crippen molar-refractivity contribution < 1.29 is 13.2 Å². The van der Waals surface area contributed by atoms with Gasteiger partial charge in [0.1, 0.15) is 11.4 Å². The number of hydrogen-bond acceptors (Lipinski definition) is 4. The number of anilines is 1. The maximum absolute atomic E-state index is 13.3. The third-order valence-electron chi connectivity index (χ3n) is 5.66. The summed E-state index contributed by atoms with van der Waals surface area (Å²) in [4.78, 5) is 22.6. The van der Waals surface area contributed by atoms with Gasteiger partial charge in [-0.05, 0) is 43.0 Å². The minimum Gasteiger partial charge on any atom is -0.353 e. The van der Waals surface area contributed by atoms with E-state index in [-0.39, 0.29) is 17.4 Å². The van der Waals surface area contributed by atoms with Crippen LogP contribution in [0.1, 0.15) is 29.7 Å². The first kappa shape index (κ1) is 20.2. The van der Waals surface area contributed by atoms with Gasteiger partial charge in [0.2, 0.25) is 0 Å². The highest BCUT2D eigenvalue weighted by molar-refractivity contribution is 5.79. The molecule has 8 heteroatoms. The SMILES string of the molecule is Cc1cc2ccc(C(C)N3CCN(c4ncc#cc4C(F)(F)F)CC3)cc2[nH]c1=O. The number of hydrogen-bond donors (Lipinski definition) is 1. The Bertz CT molecular complexity index is 1120. The van der Waals surface area contributed by atoms with Gasteiger partial charge >= 0.3 is 6.18 Å². The van der Waals surface area contributed by atoms with Crippen LogP contribution in [0, 0.1) is 19.1 Å². The number of alkyl halides is 3. The maximum Gasteiger partial charge on any atom is 0.427 e. The molecule has 0 spiro atoms. The molecule has 1 unspecified atom stereocenters. The lowest BCUT2D eigenvalue weighted by molar-refractivity contribution is -0.137. The molecule has 3 heterocycles. The highest BCUT2D eigenvalue weighted by atomic mass is 19.4. The molecule has 2 aromatic heterocycles. The van der Waals surface area contributed by atoms with E-state index in [0.29, 0.717) is 31.7 Å². The van der Waals surface area contributed by atoms with Gasteiger partial charge in [0.05, 0.1) is 6.20 Å². The van der Waals surface area contributed by atoms with Crippen molar-refractivity contribution in [2.24, 2.45) is 0 Å². The van der Waals surface area contributed by atoms with Gasteiger partial charge < -0.3 is 9.88 Å². The third kappa shape index (κ3) is 3.85. The van der Waals surface area contributed by atoms with Crippen molar-refractivity contribution in [2.45, 2.75) is 26.1 Å². The van der Waals surface area contributed by atoms with E-state index in [9.17, 15) is 18.0 Å². The molecule has 30 heavy (non-hydrogen) atoms. The normalized spacial score (nSPS) is 16.5. The second-order valence-electron chi connectivity index (χ2n) is 7.55. The first-order chi connectivity index (χ1) is 14.2. The molecule has 1 fully saturated rings. The summed E-state index contributed by atoms with van der Waals surface area (Å²) in [6.07, 6.45) is -3.29. The molecule has 1 atom stereocenters. The Balaban J connectivity index is 1.50. The molecule has 0 radical (unpaired) electrons. The van der Waals surface area contributed by atoms with E-state index in [2.05, 4.69) is 33.9 Å². The van der Waals surface area contributed by atoms with Crippen LogP contribution in [0.15, 0.2) is 35.3 Å². The van der Waals surface area contributed by atoms with Crippen LogP contribution >= 0.6 is 0 Å². The molecule has 156 valence electrons. The molecular formula is C22H21F3N4O. The Morgan fingerprint density at radius 2 is 1.90 bits per heavy atom. The van der Waals surface area contributed by atoms with Gasteiger partial charge in [0, 0.05) is 43.3 Å². The fourth-order valence-electron chi connectivity index (χ4n) is 3.88. The van der Waals surface area contributed by atoms with Crippen molar-refractivity contribution in [3.8, 4) is 0 Å². The van der Waals surface area contributed by atoms with E-state index in [1.165, 1.54) is 6.20 Å². The van der Waals surface area contributed by atoms with Gasteiger partial charge in [0.25, 0.3) is 5.56 Å². The summed E-state index contributed by atoms with van der Waals surface area (Å²) in [5.41, 5.74) is 1.52. The van der Waals surface area contributed by atoms with Crippen LogP contribution < -0.4 is 10.5 Å². The van der Waals surface area contributed by atoms with Crippen LogP contribution in [0.4, 0.5) is 19.0 Å². The van der Waals surface area contributed by atoms with Gasteiger partial charge in [-0.2, -0.15) is 13.2 Å². The van der Waals surface area contributed by atoms with Crippen LogP contribution in [0.25, 0.3) is 10.9 Å². The lowest BCUT2D eigenvalue weighted by atomic mass is 10.0. The van der Waals surface area contributed by atoms with E-state index >= 15 is 0 Å². The largest absolute Gasteiger partial charge is 0.427 e. The van der Waals surface area contributed by atoms with E-state index in [1.54, 1.807) is 11.8 Å². The molecule has 0 saturated carbocycles. The first-order valence-electron chi connectivity index (χ1n) is 9.72. The molecule has 1 aromatic carbocycles. The predicted molar refractivity (Wildman–Crippen MR) is 108 cm³/mol. The van der Waals surface area contributed by atoms with Crippen LogP contribution in [0.3, 0.4) is 0 Å². The third-order valence-corrected chi connectivity index (χ3v) is 5.66. The summed E-state index contributed by atoms with van der Waals surface area (Å²) < 4.78 is 39.8. The lowest BCUT2D eigenvalue weighted by Gasteiger charge is -2.39. The van der Waals surface area contributed by atoms with Gasteiger partial charge in [0.15, 0.2) is 0 Å². The molecule has 5 nitrogen and oxygen atoms in total. The van der Waals surface area contributed by atoms with Crippen molar-refractivity contribution in [3.05, 3.63) is 69.6 Å². The second kappa shape index (κ2) is 7.65. The van der Waals surface area contributed by atoms with Crippen LogP contribution in [0.2, 0.25) is 0 Å². The quantitative estimate of drug-likeness (QED) is 0.710. The number of pyridine rings is 1. The molecular weight excluding hydrogens is 393 g/mol. The molecule has 0 aliphatic carbocycles. The number of benzene rings is 1. The molecule has 4 rings (SSSR count). The van der Waals surface area contributed by atoms with Crippen molar-refractivity contribution >= 4 is 16.7 Å². The number of aromatic amines is 1. The standard InChI is InChI=1S/C22H21F3N4O/c1-14-12-17-6-5-16(13-19(17)27-21(14)30)15(2)28-8-10-29(11-9-28)20-18(22(23,24)25)4-3-7-26-20/h5-7,12-13,15H,8-11H2,1-2H3,(H,27,30). The minimum absolute atomic E-state index is 0.0621. The number of rotatable bonds is 3. The monoisotopic (exact) mass is 414 g/mol. The number of nitrogens with zero attached hydrogens (tertiary/aromatic N) is 3. The molecule has 0 amide bonds. The Morgan fingerprint density at radius 3 is 2.60 bits per heavy atom. The number of aryl methyl sites for hydroxylation is 1. The summed E-state index contributed by atoms with van der Waals surface area (Å²) in [6.45, 7) is 5.90. The van der Waals surface area contributed by atoms with Crippen LogP contribution in [-0.2, 0) is 6.18 Å². The zero-order chi connectivity index (χ0) is 21.5. The Labute approximate surface area is 172 Å². The predicted octanol–water partition coefficient (Wildman–Crippen LogP) is 3.73. The Morgan fingerprint density at radius 1 is 1.17 bits per heavy atom. The summed E-state index contributed by atoms with van der Waals surface area (Å²) in [7, 11) is 0. The van der Waals surface area contributed by atoms with Gasteiger partial charge in [-0.3, -0.25) is 9.69 Å². The van der Waals surface area contributed by atoms with E-state index in [4.69, 9.17) is 0 Å². The van der Waals surface area contributed by atoms with Crippen LogP contribution in [0.5, 0.6) is 0 Å². The average molecular weight is 414 g/mol. The zero-order valence-electron chi connectivity index (χ0n) is 16.7. The van der Waals surface area contributed by atoms with Crippen molar-refractivity contribution in [2.75, 3.05) is 31.1 Å². The summed E-state index contributed by atoms with van der Waals surface area (Å²) >= 11 is 0. The Kier molecular flexibility index (Phi) is 5.16. The number of nitrogens with one attached hydrogen (secondary N) is 1. The van der Waals surface area contributed by atoms with E-state index in [0.717, 1.165) is 16.5 Å². The van der Waals surface area contributed by atoms with Gasteiger partial charge in [-0.25, -0.2) is 4.98 Å². The number of piperazine rings is 1. The molecule has 1 aliphatic heterocycles. The van der Waals surface area contributed by atoms with Crippen molar-refractivity contribution in [1.29, 1.82) is 0 Å². The second-order valence-corrected chi connectivity index (χ2v) is 7.55. The number of H-pyrrole nitrogens is 1. The first-order valence-corrected chi connectivity index (χ1v) is 9.72. The fourth-order valence-corrected chi connectivity index (χ4v) is 3.88. The van der Waals surface area contributed by atoms with Crippen LogP contribution in [-0.4, -0.2) is 41.0 Å².